The second-order valence-electron chi connectivity index (χ2n) is 8.59. The van der Waals surface area contributed by atoms with Crippen molar-refractivity contribution in [3.63, 3.8) is 0 Å². The van der Waals surface area contributed by atoms with Gasteiger partial charge in [-0.05, 0) is 49.1 Å². The molecule has 2 saturated carbocycles. The predicted octanol–water partition coefficient (Wildman–Crippen LogP) is 5.55. The third-order valence-electron chi connectivity index (χ3n) is 5.86. The molecule has 0 atom stereocenters. The average Bonchev–Trinajstić information content (AvgIpc) is 3.76. The van der Waals surface area contributed by atoms with Gasteiger partial charge in [-0.3, -0.25) is 0 Å². The summed E-state index contributed by atoms with van der Waals surface area (Å²) in [5.41, 5.74) is 3.20. The Labute approximate surface area is 187 Å². The fraction of sp³-hybridized carbons (Fsp3) is 0.296. The van der Waals surface area contributed by atoms with E-state index in [0.717, 1.165) is 36.8 Å². The lowest BCUT2D eigenvalue weighted by Crippen LogP contribution is -2.16. The number of rotatable bonds is 8. The Balaban J connectivity index is 1.62. The molecule has 0 aliphatic heterocycles. The number of ether oxygens (including phenoxy) is 2. The molecule has 2 aliphatic carbocycles. The Kier molecular flexibility index (Phi) is 5.71. The van der Waals surface area contributed by atoms with Crippen molar-refractivity contribution in [3.05, 3.63) is 78.0 Å². The molecule has 2 aromatic carbocycles. The lowest BCUT2D eigenvalue weighted by atomic mass is 9.95. The predicted molar refractivity (Wildman–Crippen MR) is 121 cm³/mol. The van der Waals surface area contributed by atoms with Gasteiger partial charge in [0, 0.05) is 11.1 Å². The van der Waals surface area contributed by atoms with E-state index in [2.05, 4.69) is 4.98 Å². The standard InChI is InChI=1S/C27H25NO4/c29-26(31-16-18-11-12-18)23-15-22(20-7-3-1-4-8-20)24(27(30)32-17-19-13-14-19)25(28-23)21-9-5-2-6-10-21/h1-10,15,18-19H,11-14,16-17H2. The minimum absolute atomic E-state index is 0.196. The highest BCUT2D eigenvalue weighted by Crippen LogP contribution is 2.35. The van der Waals surface area contributed by atoms with Crippen LogP contribution >= 0.6 is 0 Å². The largest absolute Gasteiger partial charge is 0.462 e. The summed E-state index contributed by atoms with van der Waals surface area (Å²) < 4.78 is 11.2. The molecule has 5 heteroatoms. The minimum Gasteiger partial charge on any atom is -0.462 e. The van der Waals surface area contributed by atoms with Crippen LogP contribution in [0.15, 0.2) is 66.7 Å². The van der Waals surface area contributed by atoms with Crippen molar-refractivity contribution in [2.24, 2.45) is 11.8 Å². The summed E-state index contributed by atoms with van der Waals surface area (Å²) in [7, 11) is 0. The first kappa shape index (κ1) is 20.4. The Morgan fingerprint density at radius 3 is 1.84 bits per heavy atom. The van der Waals surface area contributed by atoms with E-state index in [9.17, 15) is 9.59 Å². The highest BCUT2D eigenvalue weighted by molar-refractivity contribution is 6.05. The number of hydrogen-bond donors (Lipinski definition) is 0. The molecule has 3 aromatic rings. The van der Waals surface area contributed by atoms with Crippen LogP contribution in [0.3, 0.4) is 0 Å². The van der Waals surface area contributed by atoms with Gasteiger partial charge >= 0.3 is 11.9 Å². The minimum atomic E-state index is -0.468. The third-order valence-corrected chi connectivity index (χ3v) is 5.86. The number of aromatic nitrogens is 1. The molecule has 0 saturated heterocycles. The van der Waals surface area contributed by atoms with Gasteiger partial charge in [0.2, 0.25) is 0 Å². The van der Waals surface area contributed by atoms with Crippen LogP contribution in [0, 0.1) is 11.8 Å². The second kappa shape index (κ2) is 8.95. The summed E-state index contributed by atoms with van der Waals surface area (Å²) in [6.07, 6.45) is 4.37. The Hall–Kier alpha value is -3.47. The zero-order valence-electron chi connectivity index (χ0n) is 17.8. The molecule has 5 nitrogen and oxygen atoms in total. The molecule has 0 N–H and O–H groups in total. The Morgan fingerprint density at radius 1 is 0.750 bits per heavy atom. The molecule has 2 fully saturated rings. The quantitative estimate of drug-likeness (QED) is 0.441. The molecule has 0 radical (unpaired) electrons. The highest BCUT2D eigenvalue weighted by Gasteiger charge is 2.29. The van der Waals surface area contributed by atoms with E-state index in [1.54, 1.807) is 6.07 Å². The van der Waals surface area contributed by atoms with Crippen molar-refractivity contribution in [1.82, 2.24) is 4.98 Å². The van der Waals surface area contributed by atoms with Crippen molar-refractivity contribution >= 4 is 11.9 Å². The van der Waals surface area contributed by atoms with Gasteiger partial charge < -0.3 is 9.47 Å². The zero-order chi connectivity index (χ0) is 21.9. The summed E-state index contributed by atoms with van der Waals surface area (Å²) in [5, 5.41) is 0. The van der Waals surface area contributed by atoms with Gasteiger partial charge in [0.25, 0.3) is 0 Å². The number of pyridine rings is 1. The third kappa shape index (κ3) is 4.72. The van der Waals surface area contributed by atoms with Crippen molar-refractivity contribution in [1.29, 1.82) is 0 Å². The van der Waals surface area contributed by atoms with E-state index in [4.69, 9.17) is 9.47 Å². The molecule has 162 valence electrons. The molecule has 1 aromatic heterocycles. The monoisotopic (exact) mass is 427 g/mol. The maximum Gasteiger partial charge on any atom is 0.356 e. The Morgan fingerprint density at radius 2 is 1.28 bits per heavy atom. The number of hydrogen-bond acceptors (Lipinski definition) is 5. The Bertz CT molecular complexity index is 1060. The molecule has 0 bridgehead atoms. The SMILES string of the molecule is O=C(OCC1CC1)c1cc(-c2ccccc2)c(C(=O)OCC2CC2)c(-c2ccccc2)n1. The van der Waals surface area contributed by atoms with Gasteiger partial charge in [-0.25, -0.2) is 14.6 Å². The van der Waals surface area contributed by atoms with Gasteiger partial charge in [0.05, 0.1) is 24.5 Å². The summed E-state index contributed by atoms with van der Waals surface area (Å²) in [6.45, 7) is 0.819. The van der Waals surface area contributed by atoms with E-state index < -0.39 is 11.9 Å². The molecule has 0 amide bonds. The van der Waals surface area contributed by atoms with Crippen LogP contribution in [-0.4, -0.2) is 30.1 Å². The van der Waals surface area contributed by atoms with Crippen LogP contribution in [0.4, 0.5) is 0 Å². The normalized spacial score (nSPS) is 15.2. The van der Waals surface area contributed by atoms with E-state index in [-0.39, 0.29) is 5.69 Å². The van der Waals surface area contributed by atoms with Crippen LogP contribution in [0.5, 0.6) is 0 Å². The van der Waals surface area contributed by atoms with Crippen molar-refractivity contribution < 1.29 is 19.1 Å². The molecule has 32 heavy (non-hydrogen) atoms. The van der Waals surface area contributed by atoms with Gasteiger partial charge in [-0.2, -0.15) is 0 Å². The second-order valence-corrected chi connectivity index (χ2v) is 8.59. The van der Waals surface area contributed by atoms with Gasteiger partial charge in [-0.15, -0.1) is 0 Å². The van der Waals surface area contributed by atoms with E-state index in [1.807, 2.05) is 60.7 Å². The summed E-state index contributed by atoms with van der Waals surface area (Å²) >= 11 is 0. The van der Waals surface area contributed by atoms with Gasteiger partial charge in [0.1, 0.15) is 5.69 Å². The number of nitrogens with zero attached hydrogens (tertiary/aromatic N) is 1. The number of carbonyl (C=O) groups is 2. The smallest absolute Gasteiger partial charge is 0.356 e. The van der Waals surface area contributed by atoms with Crippen LogP contribution < -0.4 is 0 Å². The van der Waals surface area contributed by atoms with Crippen LogP contribution in [0.2, 0.25) is 0 Å². The van der Waals surface area contributed by atoms with E-state index in [1.165, 1.54) is 0 Å². The molecule has 5 rings (SSSR count). The molecular formula is C27H25NO4. The summed E-state index contributed by atoms with van der Waals surface area (Å²) in [6, 6.07) is 20.7. The van der Waals surface area contributed by atoms with Gasteiger partial charge in [0.15, 0.2) is 0 Å². The first-order valence-corrected chi connectivity index (χ1v) is 11.2. The maximum atomic E-state index is 13.3. The lowest BCUT2D eigenvalue weighted by Gasteiger charge is -2.16. The van der Waals surface area contributed by atoms with E-state index in [0.29, 0.717) is 41.9 Å². The molecule has 2 aliphatic rings. The van der Waals surface area contributed by atoms with Crippen molar-refractivity contribution in [3.8, 4) is 22.4 Å². The van der Waals surface area contributed by atoms with Gasteiger partial charge in [-0.1, -0.05) is 60.7 Å². The maximum absolute atomic E-state index is 13.3. The van der Waals surface area contributed by atoms with Crippen LogP contribution in [0.1, 0.15) is 46.5 Å². The lowest BCUT2D eigenvalue weighted by molar-refractivity contribution is 0.0467. The van der Waals surface area contributed by atoms with E-state index >= 15 is 0 Å². The van der Waals surface area contributed by atoms with Crippen LogP contribution in [0.25, 0.3) is 22.4 Å². The molecular weight excluding hydrogens is 402 g/mol. The number of esters is 2. The zero-order valence-corrected chi connectivity index (χ0v) is 17.8. The first-order chi connectivity index (χ1) is 15.7. The average molecular weight is 428 g/mol. The fourth-order valence-electron chi connectivity index (χ4n) is 3.61. The number of benzene rings is 2. The van der Waals surface area contributed by atoms with Crippen molar-refractivity contribution in [2.75, 3.05) is 13.2 Å². The highest BCUT2D eigenvalue weighted by atomic mass is 16.5. The van der Waals surface area contributed by atoms with Crippen LogP contribution in [-0.2, 0) is 9.47 Å². The molecule has 1 heterocycles. The first-order valence-electron chi connectivity index (χ1n) is 11.2. The molecule has 0 spiro atoms. The van der Waals surface area contributed by atoms with Crippen molar-refractivity contribution in [2.45, 2.75) is 25.7 Å². The summed E-state index contributed by atoms with van der Waals surface area (Å²) in [4.78, 5) is 30.8. The number of carbonyl (C=O) groups excluding carboxylic acids is 2. The molecule has 0 unspecified atom stereocenters. The fourth-order valence-corrected chi connectivity index (χ4v) is 3.61. The topological polar surface area (TPSA) is 65.5 Å². The summed E-state index contributed by atoms with van der Waals surface area (Å²) in [5.74, 6) is 0.0194.